The van der Waals surface area contributed by atoms with Crippen molar-refractivity contribution >= 4 is 27.5 Å². The van der Waals surface area contributed by atoms with Crippen LogP contribution >= 0.6 is 0 Å². The second-order valence-electron chi connectivity index (χ2n) is 6.95. The van der Waals surface area contributed by atoms with Gasteiger partial charge in [-0.15, -0.1) is 0 Å². The van der Waals surface area contributed by atoms with E-state index < -0.39 is 21.8 Å². The van der Waals surface area contributed by atoms with E-state index in [1.54, 1.807) is 19.1 Å². The number of nitrogens with one attached hydrogen (secondary N) is 1. The number of hydrogen-bond donors (Lipinski definition) is 1. The zero-order valence-electron chi connectivity index (χ0n) is 14.9. The maximum atomic E-state index is 12.4. The number of sulfonamides is 1. The maximum Gasteiger partial charge on any atom is 0.251 e. The molecule has 0 bridgehead atoms. The van der Waals surface area contributed by atoms with Crippen LogP contribution in [0.1, 0.15) is 49.4 Å². The van der Waals surface area contributed by atoms with E-state index in [-0.39, 0.29) is 17.3 Å². The highest BCUT2D eigenvalue weighted by molar-refractivity contribution is 7.94. The molecular weight excluding hydrogens is 352 g/mol. The normalized spacial score (nSPS) is 22.2. The summed E-state index contributed by atoms with van der Waals surface area (Å²) in [6.07, 6.45) is 7.74. The predicted octanol–water partition coefficient (Wildman–Crippen LogP) is 2.62. The number of allylic oxidation sites excluding steroid dienone is 1. The molecule has 1 aromatic rings. The molecule has 6 nitrogen and oxygen atoms in total. The zero-order valence-corrected chi connectivity index (χ0v) is 15.7. The van der Waals surface area contributed by atoms with Crippen molar-refractivity contribution in [2.24, 2.45) is 5.92 Å². The van der Waals surface area contributed by atoms with Gasteiger partial charge >= 0.3 is 0 Å². The fraction of sp³-hybridized carbons (Fsp3) is 0.474. The van der Waals surface area contributed by atoms with Gasteiger partial charge in [-0.05, 0) is 50.3 Å². The van der Waals surface area contributed by atoms with Gasteiger partial charge in [-0.2, -0.15) is 0 Å². The van der Waals surface area contributed by atoms with E-state index in [2.05, 4.69) is 11.4 Å². The Balaban J connectivity index is 1.68. The van der Waals surface area contributed by atoms with E-state index in [1.807, 2.05) is 0 Å². The Morgan fingerprint density at radius 1 is 1.31 bits per heavy atom. The molecule has 1 aliphatic heterocycles. The first-order valence-electron chi connectivity index (χ1n) is 9.01. The second-order valence-corrected chi connectivity index (χ2v) is 8.81. The van der Waals surface area contributed by atoms with Crippen LogP contribution in [0.25, 0.3) is 0 Å². The molecule has 0 spiro atoms. The molecule has 7 heteroatoms. The fourth-order valence-electron chi connectivity index (χ4n) is 3.43. The molecule has 2 amide bonds. The number of anilines is 1. The summed E-state index contributed by atoms with van der Waals surface area (Å²) in [5.41, 5.74) is 1.96. The Morgan fingerprint density at radius 3 is 2.77 bits per heavy atom. The minimum atomic E-state index is -3.67. The molecule has 1 saturated heterocycles. The van der Waals surface area contributed by atoms with Gasteiger partial charge in [0.1, 0.15) is 0 Å². The van der Waals surface area contributed by atoms with Crippen LogP contribution in [-0.4, -0.2) is 32.5 Å². The number of rotatable bonds is 5. The van der Waals surface area contributed by atoms with Gasteiger partial charge in [-0.3, -0.25) is 9.59 Å². The van der Waals surface area contributed by atoms with Gasteiger partial charge in [-0.25, -0.2) is 12.7 Å². The van der Waals surface area contributed by atoms with Crippen LogP contribution in [-0.2, 0) is 14.8 Å². The van der Waals surface area contributed by atoms with Crippen LogP contribution in [0.15, 0.2) is 35.9 Å². The number of carbonyl (C=O) groups excluding carboxylic acids is 2. The van der Waals surface area contributed by atoms with Crippen molar-refractivity contribution in [2.75, 3.05) is 16.6 Å². The molecule has 140 valence electrons. The van der Waals surface area contributed by atoms with Crippen molar-refractivity contribution in [3.8, 4) is 0 Å². The lowest BCUT2D eigenvalue weighted by Gasteiger charge is -2.16. The molecule has 1 atom stereocenters. The van der Waals surface area contributed by atoms with E-state index in [4.69, 9.17) is 0 Å². The molecule has 3 rings (SSSR count). The molecule has 2 aliphatic rings. The topological polar surface area (TPSA) is 83.6 Å². The lowest BCUT2D eigenvalue weighted by Crippen LogP contribution is -2.31. The highest BCUT2D eigenvalue weighted by atomic mass is 32.2. The van der Waals surface area contributed by atoms with Crippen molar-refractivity contribution in [3.63, 3.8) is 0 Å². The number of carbonyl (C=O) groups is 2. The van der Waals surface area contributed by atoms with Gasteiger partial charge < -0.3 is 5.32 Å². The van der Waals surface area contributed by atoms with E-state index in [0.717, 1.165) is 23.6 Å². The molecule has 26 heavy (non-hydrogen) atoms. The summed E-state index contributed by atoms with van der Waals surface area (Å²) < 4.78 is 25.2. The lowest BCUT2D eigenvalue weighted by atomic mass is 9.97. The van der Waals surface area contributed by atoms with Gasteiger partial charge in [0.05, 0.1) is 17.4 Å². The standard InChI is InChI=1S/C19H24N2O4S/c1-14-13-26(24,25)21(19(14)23)17-9-5-8-16(12-17)18(22)20-11-10-15-6-3-2-4-7-15/h5-6,8-9,12,14H,2-4,7,10-11,13H2,1H3,(H,20,22)/t14-/m0/s1. The molecular formula is C19H24N2O4S. The monoisotopic (exact) mass is 376 g/mol. The first-order valence-corrected chi connectivity index (χ1v) is 10.6. The smallest absolute Gasteiger partial charge is 0.251 e. The minimum absolute atomic E-state index is 0.197. The Morgan fingerprint density at radius 2 is 2.12 bits per heavy atom. The molecule has 1 heterocycles. The van der Waals surface area contributed by atoms with Crippen LogP contribution < -0.4 is 9.62 Å². The first kappa shape index (κ1) is 18.6. The van der Waals surface area contributed by atoms with Gasteiger partial charge in [0.2, 0.25) is 15.9 Å². The van der Waals surface area contributed by atoms with Crippen LogP contribution in [0.3, 0.4) is 0 Å². The number of hydrogen-bond acceptors (Lipinski definition) is 4. The van der Waals surface area contributed by atoms with Crippen LogP contribution in [0.4, 0.5) is 5.69 Å². The predicted molar refractivity (Wildman–Crippen MR) is 100 cm³/mol. The molecule has 0 radical (unpaired) electrons. The highest BCUT2D eigenvalue weighted by Gasteiger charge is 2.42. The van der Waals surface area contributed by atoms with Crippen LogP contribution in [0, 0.1) is 5.92 Å². The summed E-state index contributed by atoms with van der Waals surface area (Å²) >= 11 is 0. The maximum absolute atomic E-state index is 12.4. The third-order valence-corrected chi connectivity index (χ3v) is 6.69. The summed E-state index contributed by atoms with van der Waals surface area (Å²) in [6, 6.07) is 6.22. The Labute approximate surface area is 154 Å². The lowest BCUT2D eigenvalue weighted by molar-refractivity contribution is -0.119. The number of benzene rings is 1. The molecule has 0 saturated carbocycles. The van der Waals surface area contributed by atoms with E-state index in [1.165, 1.54) is 30.5 Å². The summed E-state index contributed by atoms with van der Waals surface area (Å²) in [5.74, 6) is -1.48. The summed E-state index contributed by atoms with van der Waals surface area (Å²) in [6.45, 7) is 2.14. The molecule has 1 N–H and O–H groups in total. The second kappa shape index (κ2) is 7.61. The summed E-state index contributed by atoms with van der Waals surface area (Å²) in [7, 11) is -3.67. The quantitative estimate of drug-likeness (QED) is 0.801. The van der Waals surface area contributed by atoms with Crippen molar-refractivity contribution in [1.29, 1.82) is 0 Å². The van der Waals surface area contributed by atoms with Gasteiger partial charge in [-0.1, -0.05) is 24.6 Å². The molecule has 1 aromatic carbocycles. The Kier molecular flexibility index (Phi) is 5.46. The molecule has 1 fully saturated rings. The number of amides is 2. The number of nitrogens with zero attached hydrogens (tertiary/aromatic N) is 1. The average Bonchev–Trinajstić information content (AvgIpc) is 2.83. The largest absolute Gasteiger partial charge is 0.352 e. The summed E-state index contributed by atoms with van der Waals surface area (Å²) in [5, 5.41) is 2.87. The van der Waals surface area contributed by atoms with Crippen molar-refractivity contribution in [2.45, 2.75) is 39.0 Å². The third-order valence-electron chi connectivity index (χ3n) is 4.82. The third kappa shape index (κ3) is 3.98. The molecule has 0 unspecified atom stereocenters. The zero-order chi connectivity index (χ0) is 18.7. The van der Waals surface area contributed by atoms with Crippen LogP contribution in [0.2, 0.25) is 0 Å². The first-order chi connectivity index (χ1) is 12.4. The van der Waals surface area contributed by atoms with E-state index in [9.17, 15) is 18.0 Å². The van der Waals surface area contributed by atoms with Gasteiger partial charge in [0, 0.05) is 12.1 Å². The Bertz CT molecular complexity index is 845. The van der Waals surface area contributed by atoms with Crippen molar-refractivity contribution < 1.29 is 18.0 Å². The van der Waals surface area contributed by atoms with Gasteiger partial charge in [0.25, 0.3) is 5.91 Å². The minimum Gasteiger partial charge on any atom is -0.352 e. The van der Waals surface area contributed by atoms with Gasteiger partial charge in [0.15, 0.2) is 0 Å². The van der Waals surface area contributed by atoms with E-state index >= 15 is 0 Å². The molecule has 0 aromatic heterocycles. The highest BCUT2D eigenvalue weighted by Crippen LogP contribution is 2.28. The van der Waals surface area contributed by atoms with Crippen LogP contribution in [0.5, 0.6) is 0 Å². The molecule has 1 aliphatic carbocycles. The SMILES string of the molecule is C[C@H]1CS(=O)(=O)N(c2cccc(C(=O)NCCC3=CCCCC3)c2)C1=O. The van der Waals surface area contributed by atoms with Crippen molar-refractivity contribution in [1.82, 2.24) is 5.32 Å². The average molecular weight is 376 g/mol. The Hall–Kier alpha value is -2.15. The van der Waals surface area contributed by atoms with E-state index in [0.29, 0.717) is 12.1 Å². The fourth-order valence-corrected chi connectivity index (χ4v) is 5.24. The summed E-state index contributed by atoms with van der Waals surface area (Å²) in [4.78, 5) is 24.6. The van der Waals surface area contributed by atoms with Crippen molar-refractivity contribution in [3.05, 3.63) is 41.5 Å².